The van der Waals surface area contributed by atoms with Crippen LogP contribution in [0.25, 0.3) is 10.6 Å². The Morgan fingerprint density at radius 1 is 1.28 bits per heavy atom. The van der Waals surface area contributed by atoms with Crippen molar-refractivity contribution in [2.75, 3.05) is 6.54 Å². The van der Waals surface area contributed by atoms with Crippen LogP contribution in [0.2, 0.25) is 0 Å². The predicted octanol–water partition coefficient (Wildman–Crippen LogP) is 3.95. The SMILES string of the molecule is CC(C)c1ccc(-c2nc(C(=O)NCCCn3ccnc3)cs2)cc1. The quantitative estimate of drug-likeness (QED) is 0.654. The Morgan fingerprint density at radius 2 is 2.08 bits per heavy atom. The summed E-state index contributed by atoms with van der Waals surface area (Å²) in [5.74, 6) is 0.390. The van der Waals surface area contributed by atoms with Gasteiger partial charge in [-0.2, -0.15) is 0 Å². The molecule has 0 unspecified atom stereocenters. The number of rotatable bonds is 7. The molecule has 0 saturated carbocycles. The van der Waals surface area contributed by atoms with Crippen LogP contribution in [0.5, 0.6) is 0 Å². The fourth-order valence-electron chi connectivity index (χ4n) is 2.49. The molecule has 0 spiro atoms. The molecule has 5 nitrogen and oxygen atoms in total. The van der Waals surface area contributed by atoms with Crippen LogP contribution in [-0.2, 0) is 6.54 Å². The van der Waals surface area contributed by atoms with Gasteiger partial charge in [0, 0.05) is 36.4 Å². The van der Waals surface area contributed by atoms with Crippen LogP contribution in [0, 0.1) is 0 Å². The number of carbonyl (C=O) groups is 1. The monoisotopic (exact) mass is 354 g/mol. The third-order valence-electron chi connectivity index (χ3n) is 4.00. The van der Waals surface area contributed by atoms with E-state index in [9.17, 15) is 4.79 Å². The number of amides is 1. The molecule has 130 valence electrons. The van der Waals surface area contributed by atoms with Gasteiger partial charge in [0.15, 0.2) is 0 Å². The fourth-order valence-corrected chi connectivity index (χ4v) is 3.30. The molecule has 1 aromatic carbocycles. The molecular formula is C19H22N4OS. The highest BCUT2D eigenvalue weighted by Gasteiger charge is 2.11. The van der Waals surface area contributed by atoms with Gasteiger partial charge in [-0.25, -0.2) is 9.97 Å². The molecule has 0 saturated heterocycles. The molecule has 0 bridgehead atoms. The Hall–Kier alpha value is -2.47. The second kappa shape index (κ2) is 8.07. The van der Waals surface area contributed by atoms with Gasteiger partial charge in [-0.05, 0) is 17.9 Å². The molecule has 3 aromatic rings. The lowest BCUT2D eigenvalue weighted by Crippen LogP contribution is -2.25. The Kier molecular flexibility index (Phi) is 5.60. The molecule has 1 amide bonds. The average Bonchev–Trinajstić information content (AvgIpc) is 3.30. The fraction of sp³-hybridized carbons (Fsp3) is 0.316. The zero-order chi connectivity index (χ0) is 17.6. The van der Waals surface area contributed by atoms with Crippen LogP contribution in [0.15, 0.2) is 48.4 Å². The van der Waals surface area contributed by atoms with Gasteiger partial charge < -0.3 is 9.88 Å². The molecule has 2 aromatic heterocycles. The molecule has 0 aliphatic heterocycles. The number of nitrogens with zero attached hydrogens (tertiary/aromatic N) is 3. The summed E-state index contributed by atoms with van der Waals surface area (Å²) in [5.41, 5.74) is 2.83. The smallest absolute Gasteiger partial charge is 0.270 e. The van der Waals surface area contributed by atoms with E-state index in [1.807, 2.05) is 16.1 Å². The van der Waals surface area contributed by atoms with Crippen molar-refractivity contribution in [2.24, 2.45) is 0 Å². The highest BCUT2D eigenvalue weighted by molar-refractivity contribution is 7.13. The number of aromatic nitrogens is 3. The highest BCUT2D eigenvalue weighted by atomic mass is 32.1. The summed E-state index contributed by atoms with van der Waals surface area (Å²) in [6, 6.07) is 8.39. The summed E-state index contributed by atoms with van der Waals surface area (Å²) >= 11 is 1.50. The van der Waals surface area contributed by atoms with Crippen molar-refractivity contribution in [3.05, 3.63) is 59.6 Å². The summed E-state index contributed by atoms with van der Waals surface area (Å²) in [4.78, 5) is 20.7. The Labute approximate surface area is 151 Å². The Bertz CT molecular complexity index is 806. The first kappa shape index (κ1) is 17.4. The molecule has 6 heteroatoms. The van der Waals surface area contributed by atoms with Crippen LogP contribution in [-0.4, -0.2) is 27.0 Å². The standard InChI is InChI=1S/C19H22N4OS/c1-14(2)15-4-6-16(7-5-15)19-22-17(12-25-19)18(24)21-8-3-10-23-11-9-20-13-23/h4-7,9,11-14H,3,8,10H2,1-2H3,(H,21,24). The molecule has 3 rings (SSSR count). The highest BCUT2D eigenvalue weighted by Crippen LogP contribution is 2.25. The van der Waals surface area contributed by atoms with Gasteiger partial charge in [0.25, 0.3) is 5.91 Å². The zero-order valence-corrected chi connectivity index (χ0v) is 15.3. The normalized spacial score (nSPS) is 11.0. The van der Waals surface area contributed by atoms with Crippen LogP contribution in [0.4, 0.5) is 0 Å². The van der Waals surface area contributed by atoms with Gasteiger partial charge in [-0.3, -0.25) is 4.79 Å². The van der Waals surface area contributed by atoms with Crippen LogP contribution >= 0.6 is 11.3 Å². The minimum atomic E-state index is -0.119. The molecule has 2 heterocycles. The van der Waals surface area contributed by atoms with E-state index in [0.717, 1.165) is 23.5 Å². The Balaban J connectivity index is 1.54. The van der Waals surface area contributed by atoms with Crippen molar-refractivity contribution < 1.29 is 4.79 Å². The van der Waals surface area contributed by atoms with Gasteiger partial charge in [0.1, 0.15) is 10.7 Å². The minimum Gasteiger partial charge on any atom is -0.351 e. The van der Waals surface area contributed by atoms with Crippen molar-refractivity contribution in [2.45, 2.75) is 32.7 Å². The zero-order valence-electron chi connectivity index (χ0n) is 14.5. The summed E-state index contributed by atoms with van der Waals surface area (Å²) < 4.78 is 1.99. The third kappa shape index (κ3) is 4.54. The lowest BCUT2D eigenvalue weighted by atomic mass is 10.0. The van der Waals surface area contributed by atoms with E-state index in [1.54, 1.807) is 12.5 Å². The second-order valence-corrected chi connectivity index (χ2v) is 7.08. The van der Waals surface area contributed by atoms with Gasteiger partial charge in [-0.15, -0.1) is 11.3 Å². The van der Waals surface area contributed by atoms with Crippen molar-refractivity contribution in [3.8, 4) is 10.6 Å². The summed E-state index contributed by atoms with van der Waals surface area (Å²) in [6.45, 7) is 5.80. The first-order valence-electron chi connectivity index (χ1n) is 8.43. The number of nitrogens with one attached hydrogen (secondary N) is 1. The first-order valence-corrected chi connectivity index (χ1v) is 9.31. The minimum absolute atomic E-state index is 0.119. The van der Waals surface area contributed by atoms with Crippen LogP contribution in [0.1, 0.15) is 42.2 Å². The molecular weight excluding hydrogens is 332 g/mol. The summed E-state index contributed by atoms with van der Waals surface area (Å²) in [5, 5.41) is 5.61. The summed E-state index contributed by atoms with van der Waals surface area (Å²) in [7, 11) is 0. The maximum absolute atomic E-state index is 12.2. The van der Waals surface area contributed by atoms with Gasteiger partial charge in [0.2, 0.25) is 0 Å². The molecule has 0 aliphatic rings. The predicted molar refractivity (Wildman–Crippen MR) is 101 cm³/mol. The van der Waals surface area contributed by atoms with E-state index in [0.29, 0.717) is 18.2 Å². The number of thiazole rings is 1. The number of hydrogen-bond donors (Lipinski definition) is 1. The molecule has 25 heavy (non-hydrogen) atoms. The van der Waals surface area contributed by atoms with Gasteiger partial charge in [-0.1, -0.05) is 38.1 Å². The number of aryl methyl sites for hydroxylation is 1. The van der Waals surface area contributed by atoms with Crippen molar-refractivity contribution in [1.82, 2.24) is 19.9 Å². The Morgan fingerprint density at radius 3 is 2.76 bits per heavy atom. The third-order valence-corrected chi connectivity index (χ3v) is 4.89. The van der Waals surface area contributed by atoms with E-state index in [2.05, 4.69) is 53.4 Å². The molecule has 0 atom stereocenters. The maximum Gasteiger partial charge on any atom is 0.270 e. The van der Waals surface area contributed by atoms with Crippen molar-refractivity contribution >= 4 is 17.2 Å². The molecule has 0 fully saturated rings. The van der Waals surface area contributed by atoms with E-state index in [1.165, 1.54) is 16.9 Å². The van der Waals surface area contributed by atoms with E-state index < -0.39 is 0 Å². The van der Waals surface area contributed by atoms with Gasteiger partial charge in [0.05, 0.1) is 6.33 Å². The van der Waals surface area contributed by atoms with Crippen molar-refractivity contribution in [1.29, 1.82) is 0 Å². The maximum atomic E-state index is 12.2. The first-order chi connectivity index (χ1) is 12.1. The number of benzene rings is 1. The van der Waals surface area contributed by atoms with E-state index in [4.69, 9.17) is 0 Å². The lowest BCUT2D eigenvalue weighted by Gasteiger charge is -2.05. The summed E-state index contributed by atoms with van der Waals surface area (Å²) in [6.07, 6.45) is 6.30. The largest absolute Gasteiger partial charge is 0.351 e. The topological polar surface area (TPSA) is 59.8 Å². The van der Waals surface area contributed by atoms with Gasteiger partial charge >= 0.3 is 0 Å². The molecule has 0 radical (unpaired) electrons. The van der Waals surface area contributed by atoms with Crippen molar-refractivity contribution in [3.63, 3.8) is 0 Å². The number of hydrogen-bond acceptors (Lipinski definition) is 4. The molecule has 0 aliphatic carbocycles. The van der Waals surface area contributed by atoms with Crippen LogP contribution in [0.3, 0.4) is 0 Å². The van der Waals surface area contributed by atoms with Crippen LogP contribution < -0.4 is 5.32 Å². The second-order valence-electron chi connectivity index (χ2n) is 6.22. The lowest BCUT2D eigenvalue weighted by molar-refractivity contribution is 0.0948. The number of imidazole rings is 1. The number of carbonyl (C=O) groups excluding carboxylic acids is 1. The van der Waals surface area contributed by atoms with E-state index >= 15 is 0 Å². The molecule has 1 N–H and O–H groups in total. The van der Waals surface area contributed by atoms with E-state index in [-0.39, 0.29) is 5.91 Å². The average molecular weight is 354 g/mol.